The zero-order valence-electron chi connectivity index (χ0n) is 17.9. The third-order valence-corrected chi connectivity index (χ3v) is 5.39. The van der Waals surface area contributed by atoms with Crippen molar-refractivity contribution < 1.29 is 4.79 Å². The van der Waals surface area contributed by atoms with Crippen molar-refractivity contribution in [2.45, 2.75) is 40.5 Å². The highest BCUT2D eigenvalue weighted by Gasteiger charge is 2.19. The van der Waals surface area contributed by atoms with Crippen LogP contribution in [-0.4, -0.2) is 20.7 Å². The molecular weight excluding hydrogens is 372 g/mol. The molecule has 2 aromatic carbocycles. The Morgan fingerprint density at radius 3 is 2.13 bits per heavy atom. The molecule has 152 valence electrons. The lowest BCUT2D eigenvalue weighted by Gasteiger charge is -2.09. The molecule has 2 aromatic heterocycles. The first-order chi connectivity index (χ1) is 14.5. The van der Waals surface area contributed by atoms with E-state index in [1.54, 1.807) is 0 Å². The molecule has 5 heteroatoms. The van der Waals surface area contributed by atoms with Gasteiger partial charge in [0.2, 0.25) is 0 Å². The quantitative estimate of drug-likeness (QED) is 0.489. The normalized spacial score (nSPS) is 11.1. The molecule has 0 saturated carbocycles. The molecule has 0 atom stereocenters. The van der Waals surface area contributed by atoms with E-state index in [4.69, 9.17) is 10.1 Å². The molecule has 5 nitrogen and oxygen atoms in total. The highest BCUT2D eigenvalue weighted by molar-refractivity contribution is 6.12. The van der Waals surface area contributed by atoms with Gasteiger partial charge >= 0.3 is 0 Å². The second-order valence-corrected chi connectivity index (χ2v) is 7.53. The van der Waals surface area contributed by atoms with E-state index in [0.717, 1.165) is 41.0 Å². The van der Waals surface area contributed by atoms with Crippen molar-refractivity contribution in [2.75, 3.05) is 5.32 Å². The molecule has 0 bridgehead atoms. The lowest BCUT2D eigenvalue weighted by atomic mass is 10.1. The maximum atomic E-state index is 13.1. The number of carbonyl (C=O) groups is 1. The van der Waals surface area contributed by atoms with Gasteiger partial charge < -0.3 is 5.32 Å². The summed E-state index contributed by atoms with van der Waals surface area (Å²) >= 11 is 0. The van der Waals surface area contributed by atoms with Gasteiger partial charge in [0.1, 0.15) is 0 Å². The number of benzene rings is 2. The first-order valence-corrected chi connectivity index (χ1v) is 10.4. The van der Waals surface area contributed by atoms with Gasteiger partial charge in [-0.2, -0.15) is 5.10 Å². The van der Waals surface area contributed by atoms with Gasteiger partial charge in [-0.3, -0.25) is 4.79 Å². The summed E-state index contributed by atoms with van der Waals surface area (Å²) in [4.78, 5) is 17.8. The summed E-state index contributed by atoms with van der Waals surface area (Å²) in [6.07, 6.45) is 1.95. The van der Waals surface area contributed by atoms with Crippen LogP contribution < -0.4 is 5.32 Å². The Kier molecular flexibility index (Phi) is 5.36. The van der Waals surface area contributed by atoms with Gasteiger partial charge in [-0.05, 0) is 68.1 Å². The van der Waals surface area contributed by atoms with E-state index in [-0.39, 0.29) is 5.91 Å². The van der Waals surface area contributed by atoms with Crippen LogP contribution in [0.4, 0.5) is 5.69 Å². The number of rotatable bonds is 5. The van der Waals surface area contributed by atoms with Gasteiger partial charge in [0.05, 0.1) is 22.3 Å². The molecule has 0 unspecified atom stereocenters. The van der Waals surface area contributed by atoms with Crippen LogP contribution in [0.25, 0.3) is 16.7 Å². The molecule has 0 aliphatic carbocycles. The highest BCUT2D eigenvalue weighted by atomic mass is 16.1. The number of anilines is 1. The largest absolute Gasteiger partial charge is 0.322 e. The van der Waals surface area contributed by atoms with Crippen molar-refractivity contribution in [3.05, 3.63) is 82.7 Å². The minimum absolute atomic E-state index is 0.154. The molecule has 0 aliphatic rings. The lowest BCUT2D eigenvalue weighted by molar-refractivity contribution is 0.102. The maximum absolute atomic E-state index is 13.1. The van der Waals surface area contributed by atoms with E-state index in [9.17, 15) is 4.79 Å². The molecule has 0 radical (unpaired) electrons. The summed E-state index contributed by atoms with van der Waals surface area (Å²) in [6.45, 7) is 8.07. The molecule has 30 heavy (non-hydrogen) atoms. The fraction of sp³-hybridized carbons (Fsp3) is 0.240. The van der Waals surface area contributed by atoms with Crippen molar-refractivity contribution in [2.24, 2.45) is 0 Å². The van der Waals surface area contributed by atoms with Crippen LogP contribution in [0.15, 0.2) is 54.6 Å². The van der Waals surface area contributed by atoms with Crippen LogP contribution in [0.5, 0.6) is 0 Å². The first-order valence-electron chi connectivity index (χ1n) is 10.4. The second-order valence-electron chi connectivity index (χ2n) is 7.53. The lowest BCUT2D eigenvalue weighted by Crippen LogP contribution is -2.13. The molecule has 1 amide bonds. The van der Waals surface area contributed by atoms with E-state index in [2.05, 4.69) is 31.3 Å². The number of nitrogens with one attached hydrogen (secondary N) is 1. The van der Waals surface area contributed by atoms with Gasteiger partial charge in [-0.25, -0.2) is 9.67 Å². The molecule has 0 spiro atoms. The van der Waals surface area contributed by atoms with Crippen molar-refractivity contribution in [3.63, 3.8) is 0 Å². The smallest absolute Gasteiger partial charge is 0.256 e. The Hall–Kier alpha value is -3.47. The summed E-state index contributed by atoms with van der Waals surface area (Å²) in [5, 5.41) is 8.50. The molecule has 4 aromatic rings. The van der Waals surface area contributed by atoms with Gasteiger partial charge in [0, 0.05) is 11.4 Å². The van der Waals surface area contributed by atoms with E-state index >= 15 is 0 Å². The predicted octanol–water partition coefficient (Wildman–Crippen LogP) is 5.41. The Balaban J connectivity index is 1.76. The summed E-state index contributed by atoms with van der Waals surface area (Å²) < 4.78 is 1.82. The molecular formula is C25H26N4O. The zero-order chi connectivity index (χ0) is 21.3. The number of pyridine rings is 1. The summed E-state index contributed by atoms with van der Waals surface area (Å²) in [5.74, 6) is -0.154. The minimum Gasteiger partial charge on any atom is -0.322 e. The number of fused-ring (bicyclic) bond motifs is 1. The van der Waals surface area contributed by atoms with Crippen molar-refractivity contribution in [1.82, 2.24) is 14.8 Å². The fourth-order valence-electron chi connectivity index (χ4n) is 3.67. The number of nitrogens with zero attached hydrogens (tertiary/aromatic N) is 3. The third kappa shape index (κ3) is 3.71. The monoisotopic (exact) mass is 398 g/mol. The predicted molar refractivity (Wildman–Crippen MR) is 121 cm³/mol. The Morgan fingerprint density at radius 1 is 0.933 bits per heavy atom. The number of amides is 1. The van der Waals surface area contributed by atoms with Crippen molar-refractivity contribution >= 4 is 22.6 Å². The molecule has 2 heterocycles. The van der Waals surface area contributed by atoms with Crippen LogP contribution in [0.2, 0.25) is 0 Å². The zero-order valence-corrected chi connectivity index (χ0v) is 17.9. The maximum Gasteiger partial charge on any atom is 0.256 e. The molecule has 1 N–H and O–H groups in total. The standard InChI is InChI=1S/C25H26N4O/c1-5-18-7-11-20(12-8-18)27-25(30)22-15-16(3)26-24-23(22)17(4)28-29(24)21-13-9-19(6-2)10-14-21/h7-15H,5-6H2,1-4H3,(H,27,30). The van der Waals surface area contributed by atoms with Crippen molar-refractivity contribution in [1.29, 1.82) is 0 Å². The van der Waals surface area contributed by atoms with Gasteiger partial charge in [0.25, 0.3) is 5.91 Å². The van der Waals surface area contributed by atoms with Gasteiger partial charge in [0.15, 0.2) is 5.65 Å². The number of carbonyl (C=O) groups excluding carboxylic acids is 1. The van der Waals surface area contributed by atoms with Gasteiger partial charge in [-0.1, -0.05) is 38.1 Å². The fourth-order valence-corrected chi connectivity index (χ4v) is 3.67. The number of aryl methyl sites for hydroxylation is 4. The number of hydrogen-bond donors (Lipinski definition) is 1. The SMILES string of the molecule is CCc1ccc(NC(=O)c2cc(C)nc3c2c(C)nn3-c2ccc(CC)cc2)cc1. The summed E-state index contributed by atoms with van der Waals surface area (Å²) in [6, 6.07) is 18.1. The van der Waals surface area contributed by atoms with Crippen molar-refractivity contribution in [3.8, 4) is 5.69 Å². The van der Waals surface area contributed by atoms with E-state index in [0.29, 0.717) is 11.2 Å². The topological polar surface area (TPSA) is 59.8 Å². The van der Waals surface area contributed by atoms with Gasteiger partial charge in [-0.15, -0.1) is 0 Å². The van der Waals surface area contributed by atoms with Crippen LogP contribution in [0.1, 0.15) is 46.7 Å². The Bertz CT molecular complexity index is 1200. The average molecular weight is 399 g/mol. The number of hydrogen-bond acceptors (Lipinski definition) is 3. The van der Waals surface area contributed by atoms with E-state index in [1.807, 2.05) is 61.0 Å². The molecule has 4 rings (SSSR count). The van der Waals surface area contributed by atoms with E-state index < -0.39 is 0 Å². The molecule has 0 fully saturated rings. The van der Waals surface area contributed by atoms with Crippen LogP contribution in [-0.2, 0) is 12.8 Å². The summed E-state index contributed by atoms with van der Waals surface area (Å²) in [7, 11) is 0. The Labute approximate surface area is 176 Å². The average Bonchev–Trinajstić information content (AvgIpc) is 3.09. The van der Waals surface area contributed by atoms with Crippen LogP contribution in [0.3, 0.4) is 0 Å². The molecule has 0 saturated heterocycles. The minimum atomic E-state index is -0.154. The third-order valence-electron chi connectivity index (χ3n) is 5.39. The first kappa shape index (κ1) is 19.8. The van der Waals surface area contributed by atoms with Crippen LogP contribution >= 0.6 is 0 Å². The number of aromatic nitrogens is 3. The second kappa shape index (κ2) is 8.11. The Morgan fingerprint density at radius 2 is 1.53 bits per heavy atom. The summed E-state index contributed by atoms with van der Waals surface area (Å²) in [5.41, 5.74) is 7.06. The molecule has 0 aliphatic heterocycles. The van der Waals surface area contributed by atoms with Crippen LogP contribution in [0, 0.1) is 13.8 Å². The van der Waals surface area contributed by atoms with E-state index in [1.165, 1.54) is 11.1 Å². The highest BCUT2D eigenvalue weighted by Crippen LogP contribution is 2.26.